The van der Waals surface area contributed by atoms with Gasteiger partial charge in [-0.05, 0) is 44.9 Å². The lowest BCUT2D eigenvalue weighted by Gasteiger charge is -2.21. The highest BCUT2D eigenvalue weighted by Crippen LogP contribution is 2.31. The number of thiazole rings is 1. The third-order valence-electron chi connectivity index (χ3n) is 4.77. The summed E-state index contributed by atoms with van der Waals surface area (Å²) in [6.07, 6.45) is 6.89. The molecule has 156 valence electrons. The summed E-state index contributed by atoms with van der Waals surface area (Å²) in [5.41, 5.74) is 1.43. The first-order valence-corrected chi connectivity index (χ1v) is 11.8. The minimum atomic E-state index is -1.11. The van der Waals surface area contributed by atoms with Gasteiger partial charge >= 0.3 is 0 Å². The first-order valence-electron chi connectivity index (χ1n) is 9.34. The molecular weight excluding hydrogens is 442 g/mol. The molecule has 0 bridgehead atoms. The number of carbonyl (C=O) groups is 1. The molecule has 3 aromatic rings. The third kappa shape index (κ3) is 4.69. The summed E-state index contributed by atoms with van der Waals surface area (Å²) in [5, 5.41) is 5.98. The predicted octanol–water partition coefficient (Wildman–Crippen LogP) is 4.41. The zero-order chi connectivity index (χ0) is 21.3. The van der Waals surface area contributed by atoms with Gasteiger partial charge in [0, 0.05) is 35.1 Å². The second-order valence-corrected chi connectivity index (χ2v) is 10.3. The Labute approximate surface area is 185 Å². The Morgan fingerprint density at radius 1 is 1.23 bits per heavy atom. The van der Waals surface area contributed by atoms with Crippen LogP contribution in [0.4, 0.5) is 10.9 Å². The van der Waals surface area contributed by atoms with Crippen molar-refractivity contribution in [1.82, 2.24) is 15.0 Å². The van der Waals surface area contributed by atoms with E-state index in [1.54, 1.807) is 44.6 Å². The van der Waals surface area contributed by atoms with Gasteiger partial charge in [0.1, 0.15) is 16.8 Å². The second kappa shape index (κ2) is 8.41. The number of halogens is 1. The van der Waals surface area contributed by atoms with E-state index >= 15 is 0 Å². The van der Waals surface area contributed by atoms with Gasteiger partial charge in [0.05, 0.1) is 21.4 Å². The van der Waals surface area contributed by atoms with Crippen LogP contribution in [-0.4, -0.2) is 30.3 Å². The Morgan fingerprint density at radius 2 is 2.03 bits per heavy atom. The molecule has 4 rings (SSSR count). The maximum atomic E-state index is 12.9. The standard InChI is InChI=1S/C20H20ClN5O2S2/c1-20(2,16-11-29-19(24-16)26-30(28)15-4-5-15)18(27)25-17-6-3-12(9-23-17)13-7-14(21)10-22-8-13/h3,6-11,15H,4-5H2,1-2H3,(H,24,26)(H,23,25,27). The number of aromatic nitrogens is 3. The summed E-state index contributed by atoms with van der Waals surface area (Å²) in [6, 6.07) is 5.38. The maximum Gasteiger partial charge on any atom is 0.237 e. The first-order chi connectivity index (χ1) is 14.3. The number of hydrogen-bond donors (Lipinski definition) is 2. The highest BCUT2D eigenvalue weighted by Gasteiger charge is 2.34. The molecule has 7 nitrogen and oxygen atoms in total. The smallest absolute Gasteiger partial charge is 0.237 e. The molecule has 1 saturated carbocycles. The minimum absolute atomic E-state index is 0.213. The van der Waals surface area contributed by atoms with Crippen LogP contribution in [0.15, 0.2) is 42.2 Å². The quantitative estimate of drug-likeness (QED) is 0.543. The number of hydrogen-bond acceptors (Lipinski definition) is 6. The number of pyridine rings is 2. The van der Waals surface area contributed by atoms with Crippen molar-refractivity contribution in [3.8, 4) is 11.1 Å². The van der Waals surface area contributed by atoms with Crippen molar-refractivity contribution in [2.45, 2.75) is 37.4 Å². The van der Waals surface area contributed by atoms with Gasteiger partial charge in [-0.25, -0.2) is 14.2 Å². The molecule has 1 unspecified atom stereocenters. The van der Waals surface area contributed by atoms with E-state index in [1.165, 1.54) is 11.3 Å². The van der Waals surface area contributed by atoms with E-state index < -0.39 is 16.4 Å². The lowest BCUT2D eigenvalue weighted by atomic mass is 9.89. The molecule has 1 aliphatic rings. The Hall–Kier alpha value is -2.36. The summed E-state index contributed by atoms with van der Waals surface area (Å²) in [7, 11) is -1.11. The van der Waals surface area contributed by atoms with Gasteiger partial charge in [0.2, 0.25) is 5.91 Å². The van der Waals surface area contributed by atoms with Crippen molar-refractivity contribution >= 4 is 50.8 Å². The van der Waals surface area contributed by atoms with Crippen molar-refractivity contribution in [1.29, 1.82) is 0 Å². The molecule has 1 amide bonds. The van der Waals surface area contributed by atoms with Crippen molar-refractivity contribution in [3.05, 3.63) is 52.9 Å². The van der Waals surface area contributed by atoms with Crippen molar-refractivity contribution in [2.24, 2.45) is 0 Å². The van der Waals surface area contributed by atoms with Gasteiger partial charge in [-0.3, -0.25) is 14.5 Å². The van der Waals surface area contributed by atoms with Crippen LogP contribution in [0.1, 0.15) is 32.4 Å². The molecule has 3 heterocycles. The molecule has 1 aliphatic carbocycles. The van der Waals surface area contributed by atoms with E-state index in [2.05, 4.69) is 25.0 Å². The fourth-order valence-corrected chi connectivity index (χ4v) is 4.94. The third-order valence-corrected chi connectivity index (χ3v) is 7.34. The molecule has 2 N–H and O–H groups in total. The molecule has 0 aliphatic heterocycles. The highest BCUT2D eigenvalue weighted by atomic mass is 35.5. The summed E-state index contributed by atoms with van der Waals surface area (Å²) >= 11 is 7.33. The van der Waals surface area contributed by atoms with Crippen LogP contribution in [0.3, 0.4) is 0 Å². The fraction of sp³-hybridized carbons (Fsp3) is 0.300. The zero-order valence-corrected chi connectivity index (χ0v) is 18.8. The topological polar surface area (TPSA) is 96.9 Å². The van der Waals surface area contributed by atoms with Gasteiger partial charge in [0.15, 0.2) is 5.13 Å². The molecule has 0 radical (unpaired) electrons. The van der Waals surface area contributed by atoms with Crippen LogP contribution in [0.25, 0.3) is 11.1 Å². The predicted molar refractivity (Wildman–Crippen MR) is 121 cm³/mol. The van der Waals surface area contributed by atoms with Gasteiger partial charge < -0.3 is 5.32 Å². The summed E-state index contributed by atoms with van der Waals surface area (Å²) in [5.74, 6) is 0.211. The molecule has 3 aromatic heterocycles. The highest BCUT2D eigenvalue weighted by molar-refractivity contribution is 7.87. The van der Waals surface area contributed by atoms with Crippen LogP contribution in [0, 0.1) is 0 Å². The van der Waals surface area contributed by atoms with E-state index in [9.17, 15) is 9.00 Å². The normalized spacial score (nSPS) is 14.9. The average molecular weight is 462 g/mol. The van der Waals surface area contributed by atoms with Crippen molar-refractivity contribution in [2.75, 3.05) is 10.0 Å². The Bertz CT molecular complexity index is 1100. The molecule has 30 heavy (non-hydrogen) atoms. The fourth-order valence-electron chi connectivity index (χ4n) is 2.66. The van der Waals surface area contributed by atoms with Crippen LogP contribution in [0.5, 0.6) is 0 Å². The summed E-state index contributed by atoms with van der Waals surface area (Å²) in [6.45, 7) is 3.59. The van der Waals surface area contributed by atoms with Crippen LogP contribution >= 0.6 is 22.9 Å². The SMILES string of the molecule is CC(C)(C(=O)Nc1ccc(-c2cncc(Cl)c2)cn1)c1csc(NS(=O)C2CC2)n1. The maximum absolute atomic E-state index is 12.9. The van der Waals surface area contributed by atoms with E-state index in [-0.39, 0.29) is 11.2 Å². The zero-order valence-electron chi connectivity index (χ0n) is 16.4. The molecular formula is C20H20ClN5O2S2. The Morgan fingerprint density at radius 3 is 2.70 bits per heavy atom. The minimum Gasteiger partial charge on any atom is -0.310 e. The number of nitrogens with zero attached hydrogens (tertiary/aromatic N) is 3. The lowest BCUT2D eigenvalue weighted by Crippen LogP contribution is -2.35. The van der Waals surface area contributed by atoms with E-state index in [0.29, 0.717) is 21.7 Å². The summed E-state index contributed by atoms with van der Waals surface area (Å²) in [4.78, 5) is 25.8. The number of amides is 1. The number of nitrogens with one attached hydrogen (secondary N) is 2. The van der Waals surface area contributed by atoms with Gasteiger partial charge in [-0.15, -0.1) is 11.3 Å². The molecule has 0 saturated heterocycles. The van der Waals surface area contributed by atoms with Crippen molar-refractivity contribution < 1.29 is 9.00 Å². The van der Waals surface area contributed by atoms with Crippen LogP contribution < -0.4 is 10.0 Å². The monoisotopic (exact) mass is 461 g/mol. The van der Waals surface area contributed by atoms with Gasteiger partial charge in [0.25, 0.3) is 0 Å². The molecule has 10 heteroatoms. The molecule has 1 atom stereocenters. The second-order valence-electron chi connectivity index (χ2n) is 7.54. The Kier molecular flexibility index (Phi) is 5.86. The number of anilines is 2. The summed E-state index contributed by atoms with van der Waals surface area (Å²) < 4.78 is 15.0. The lowest BCUT2D eigenvalue weighted by molar-refractivity contribution is -0.120. The van der Waals surface area contributed by atoms with Gasteiger partial charge in [-0.2, -0.15) is 0 Å². The molecule has 0 aromatic carbocycles. The Balaban J connectivity index is 1.43. The number of carbonyl (C=O) groups excluding carboxylic acids is 1. The van der Waals surface area contributed by atoms with Crippen LogP contribution in [-0.2, 0) is 21.2 Å². The average Bonchev–Trinajstić information content (AvgIpc) is 3.47. The molecule has 0 spiro atoms. The van der Waals surface area contributed by atoms with Crippen molar-refractivity contribution in [3.63, 3.8) is 0 Å². The van der Waals surface area contributed by atoms with E-state index in [0.717, 1.165) is 24.0 Å². The van der Waals surface area contributed by atoms with E-state index in [1.807, 2.05) is 11.4 Å². The van der Waals surface area contributed by atoms with Crippen LogP contribution in [0.2, 0.25) is 5.02 Å². The van der Waals surface area contributed by atoms with E-state index in [4.69, 9.17) is 11.6 Å². The number of rotatable bonds is 7. The first kappa shape index (κ1) is 20.9. The molecule has 1 fully saturated rings. The largest absolute Gasteiger partial charge is 0.310 e. The van der Waals surface area contributed by atoms with Gasteiger partial charge in [-0.1, -0.05) is 11.6 Å².